The van der Waals surface area contributed by atoms with Gasteiger partial charge in [0.25, 0.3) is 0 Å². The van der Waals surface area contributed by atoms with Crippen molar-refractivity contribution >= 4 is 0 Å². The lowest BCUT2D eigenvalue weighted by atomic mass is 10.00. The molecule has 0 heterocycles. The molecule has 0 aliphatic heterocycles. The summed E-state index contributed by atoms with van der Waals surface area (Å²) >= 11 is 0. The van der Waals surface area contributed by atoms with Crippen molar-refractivity contribution in [1.29, 1.82) is 0 Å². The maximum absolute atomic E-state index is 2.41. The molecule has 2 saturated carbocycles. The third-order valence-corrected chi connectivity index (χ3v) is 3.17. The van der Waals surface area contributed by atoms with Gasteiger partial charge in [-0.15, -0.1) is 0 Å². The molecule has 0 N–H and O–H groups in total. The molecule has 0 nitrogen and oxygen atoms in total. The minimum atomic E-state index is 1.05. The van der Waals surface area contributed by atoms with Crippen LogP contribution in [0.3, 0.4) is 0 Å². The molecule has 2 rings (SSSR count). The molecule has 0 amide bonds. The smallest absolute Gasteiger partial charge is 0.0409 e. The molecule has 2 unspecified atom stereocenters. The van der Waals surface area contributed by atoms with E-state index < -0.39 is 0 Å². The Morgan fingerprint density at radius 3 is 2.20 bits per heavy atom. The Morgan fingerprint density at radius 1 is 1.00 bits per heavy atom. The van der Waals surface area contributed by atoms with Crippen LogP contribution in [0.25, 0.3) is 0 Å². The van der Waals surface area contributed by atoms with Crippen molar-refractivity contribution in [2.24, 2.45) is 17.8 Å². The molecular formula is C10H18. The minimum absolute atomic E-state index is 1.05. The molecule has 0 aromatic carbocycles. The van der Waals surface area contributed by atoms with Crippen LogP contribution in [0.1, 0.15) is 45.4 Å². The third kappa shape index (κ3) is 1.53. The Kier molecular flexibility index (Phi) is 1.71. The van der Waals surface area contributed by atoms with Crippen molar-refractivity contribution in [2.75, 3.05) is 0 Å². The summed E-state index contributed by atoms with van der Waals surface area (Å²) in [4.78, 5) is 0. The highest BCUT2D eigenvalue weighted by Crippen LogP contribution is 2.42. The van der Waals surface area contributed by atoms with E-state index >= 15 is 0 Å². The fraction of sp³-hybridized carbons (Fsp3) is 1.00. The van der Waals surface area contributed by atoms with Crippen LogP contribution in [0.5, 0.6) is 0 Å². The zero-order valence-corrected chi connectivity index (χ0v) is 6.97. The lowest BCUT2D eigenvalue weighted by Crippen LogP contribution is -1.94. The molecule has 0 aromatic heterocycles. The Hall–Kier alpha value is 0. The zero-order chi connectivity index (χ0) is 6.97. The summed E-state index contributed by atoms with van der Waals surface area (Å²) in [6, 6.07) is 0. The minimum Gasteiger partial charge on any atom is -0.0625 e. The van der Waals surface area contributed by atoms with Crippen molar-refractivity contribution in [3.63, 3.8) is 0 Å². The Bertz CT molecular complexity index is 113. The molecule has 2 fully saturated rings. The van der Waals surface area contributed by atoms with Gasteiger partial charge >= 0.3 is 0 Å². The van der Waals surface area contributed by atoms with Crippen molar-refractivity contribution in [1.82, 2.24) is 0 Å². The molecule has 2 aliphatic carbocycles. The van der Waals surface area contributed by atoms with Crippen LogP contribution in [-0.4, -0.2) is 0 Å². The average molecular weight is 138 g/mol. The molecule has 0 heteroatoms. The molecule has 10 heavy (non-hydrogen) atoms. The predicted octanol–water partition coefficient (Wildman–Crippen LogP) is 3.22. The lowest BCUT2D eigenvalue weighted by Gasteiger charge is -2.06. The van der Waals surface area contributed by atoms with Crippen LogP contribution in [0, 0.1) is 17.8 Å². The summed E-state index contributed by atoms with van der Waals surface area (Å²) in [7, 11) is 0. The maximum atomic E-state index is 2.41. The first-order chi connectivity index (χ1) is 4.84. The zero-order valence-electron chi connectivity index (χ0n) is 6.97. The van der Waals surface area contributed by atoms with Gasteiger partial charge in [-0.1, -0.05) is 32.6 Å². The fourth-order valence-electron chi connectivity index (χ4n) is 2.36. The van der Waals surface area contributed by atoms with Crippen LogP contribution < -0.4 is 0 Å². The highest BCUT2D eigenvalue weighted by molar-refractivity contribution is 4.81. The maximum Gasteiger partial charge on any atom is -0.0409 e. The Morgan fingerprint density at radius 2 is 1.70 bits per heavy atom. The van der Waals surface area contributed by atoms with Gasteiger partial charge in [0, 0.05) is 0 Å². The fourth-order valence-corrected chi connectivity index (χ4v) is 2.36. The second kappa shape index (κ2) is 2.56. The first-order valence-electron chi connectivity index (χ1n) is 4.84. The van der Waals surface area contributed by atoms with Crippen LogP contribution in [0.4, 0.5) is 0 Å². The molecular weight excluding hydrogens is 120 g/mol. The van der Waals surface area contributed by atoms with Crippen LogP contribution >= 0.6 is 0 Å². The van der Waals surface area contributed by atoms with E-state index in [4.69, 9.17) is 0 Å². The molecule has 0 bridgehead atoms. The first-order valence-corrected chi connectivity index (χ1v) is 4.84. The van der Waals surface area contributed by atoms with Crippen molar-refractivity contribution in [3.8, 4) is 0 Å². The molecule has 0 spiro atoms. The van der Waals surface area contributed by atoms with Crippen molar-refractivity contribution in [2.45, 2.75) is 45.4 Å². The first kappa shape index (κ1) is 6.69. The van der Waals surface area contributed by atoms with Gasteiger partial charge < -0.3 is 0 Å². The van der Waals surface area contributed by atoms with E-state index in [0.717, 1.165) is 17.8 Å². The van der Waals surface area contributed by atoms with Crippen LogP contribution in [-0.2, 0) is 0 Å². The summed E-state index contributed by atoms with van der Waals surface area (Å²) in [5, 5.41) is 0. The number of rotatable bonds is 2. The van der Waals surface area contributed by atoms with Crippen LogP contribution in [0.15, 0.2) is 0 Å². The average Bonchev–Trinajstić information content (AvgIpc) is 2.59. The highest BCUT2D eigenvalue weighted by Gasteiger charge is 2.29. The van der Waals surface area contributed by atoms with E-state index in [0.29, 0.717) is 0 Å². The second-order valence-corrected chi connectivity index (χ2v) is 4.46. The van der Waals surface area contributed by atoms with Gasteiger partial charge in [0.05, 0.1) is 0 Å². The molecule has 2 aliphatic rings. The van der Waals surface area contributed by atoms with Gasteiger partial charge in [0.1, 0.15) is 0 Å². The third-order valence-electron chi connectivity index (χ3n) is 3.17. The van der Waals surface area contributed by atoms with Gasteiger partial charge in [0.2, 0.25) is 0 Å². The summed E-state index contributed by atoms with van der Waals surface area (Å²) < 4.78 is 0. The Labute approximate surface area is 64.0 Å². The van der Waals surface area contributed by atoms with Crippen molar-refractivity contribution < 1.29 is 0 Å². The van der Waals surface area contributed by atoms with Gasteiger partial charge in [-0.25, -0.2) is 0 Å². The van der Waals surface area contributed by atoms with Gasteiger partial charge in [-0.05, 0) is 30.6 Å². The van der Waals surface area contributed by atoms with E-state index in [9.17, 15) is 0 Å². The van der Waals surface area contributed by atoms with Gasteiger partial charge in [-0.2, -0.15) is 0 Å². The second-order valence-electron chi connectivity index (χ2n) is 4.46. The quantitative estimate of drug-likeness (QED) is 0.549. The van der Waals surface area contributed by atoms with E-state index in [1.807, 2.05) is 0 Å². The number of hydrogen-bond acceptors (Lipinski definition) is 0. The topological polar surface area (TPSA) is 0 Å². The summed E-state index contributed by atoms with van der Waals surface area (Å²) in [5.41, 5.74) is 0. The number of hydrogen-bond donors (Lipinski definition) is 0. The van der Waals surface area contributed by atoms with E-state index in [1.165, 1.54) is 19.3 Å². The summed E-state index contributed by atoms with van der Waals surface area (Å²) in [5.74, 6) is 3.33. The van der Waals surface area contributed by atoms with E-state index in [1.54, 1.807) is 19.3 Å². The van der Waals surface area contributed by atoms with Crippen LogP contribution in [0.2, 0.25) is 0 Å². The molecule has 0 radical (unpaired) electrons. The molecule has 0 aromatic rings. The Balaban J connectivity index is 1.72. The van der Waals surface area contributed by atoms with Gasteiger partial charge in [0.15, 0.2) is 0 Å². The van der Waals surface area contributed by atoms with E-state index in [-0.39, 0.29) is 0 Å². The molecule has 0 saturated heterocycles. The standard InChI is InChI=1S/C10H18/c1-8-2-3-10(6-8)7-9-4-5-9/h8-10H,2-7H2,1H3. The normalized spacial score (nSPS) is 40.5. The molecule has 2 atom stereocenters. The monoisotopic (exact) mass is 138 g/mol. The molecule has 58 valence electrons. The van der Waals surface area contributed by atoms with Crippen molar-refractivity contribution in [3.05, 3.63) is 0 Å². The lowest BCUT2D eigenvalue weighted by molar-refractivity contribution is 0.453. The summed E-state index contributed by atoms with van der Waals surface area (Å²) in [6.45, 7) is 2.41. The SMILES string of the molecule is CC1CCC(CC2CC2)C1. The largest absolute Gasteiger partial charge is 0.0625 e. The highest BCUT2D eigenvalue weighted by atomic mass is 14.3. The van der Waals surface area contributed by atoms with Gasteiger partial charge in [-0.3, -0.25) is 0 Å². The predicted molar refractivity (Wildman–Crippen MR) is 43.8 cm³/mol. The summed E-state index contributed by atoms with van der Waals surface area (Å²) in [6.07, 6.45) is 9.26. The van der Waals surface area contributed by atoms with E-state index in [2.05, 4.69) is 6.92 Å².